The van der Waals surface area contributed by atoms with Gasteiger partial charge < -0.3 is 15.3 Å². The van der Waals surface area contributed by atoms with Gasteiger partial charge in [0.1, 0.15) is 0 Å². The Kier molecular flexibility index (Phi) is 15.7. The molecule has 1 atom stereocenters. The molecule has 0 spiro atoms. The number of carboxylic acid groups (broad SMARTS) is 3. The van der Waals surface area contributed by atoms with Crippen molar-refractivity contribution < 1.29 is 34.5 Å². The van der Waals surface area contributed by atoms with E-state index in [1.54, 1.807) is 0 Å². The lowest BCUT2D eigenvalue weighted by molar-refractivity contribution is -0.143. The molecule has 0 amide bonds. The Bertz CT molecular complexity index is 495. The van der Waals surface area contributed by atoms with E-state index in [0.717, 1.165) is 24.2 Å². The summed E-state index contributed by atoms with van der Waals surface area (Å²) in [5, 5.41) is 29.3. The number of nitrogens with one attached hydrogen (secondary N) is 1. The van der Waals surface area contributed by atoms with Gasteiger partial charge >= 0.3 is 17.9 Å². The summed E-state index contributed by atoms with van der Waals surface area (Å²) in [6.07, 6.45) is 10.2. The number of hydrogen-bond acceptors (Lipinski definition) is 6. The maximum atomic E-state index is 12.5. The van der Waals surface area contributed by atoms with Crippen LogP contribution in [-0.2, 0) is 19.2 Å². The fourth-order valence-corrected chi connectivity index (χ4v) is 3.10. The summed E-state index contributed by atoms with van der Waals surface area (Å²) >= 11 is 0. The topological polar surface area (TPSA) is 144 Å². The molecular weight excluding hydrogens is 380 g/mol. The standard InChI is InChI=1S/C20H36N2O7/c1-2-3-4-5-6-7-8-9-10-11-17(23)16(21-12-18(24)25)13-22(14-19(26)27)15-20(28)29/h16,21H,2-15H2,1H3,(H,24,25)(H,26,27)(H,28,29). The zero-order chi connectivity index (χ0) is 22.1. The predicted octanol–water partition coefficient (Wildman–Crippen LogP) is 1.99. The minimum absolute atomic E-state index is 0.165. The third-order valence-corrected chi connectivity index (χ3v) is 4.57. The average Bonchev–Trinajstić information content (AvgIpc) is 2.62. The second kappa shape index (κ2) is 16.9. The molecule has 1 unspecified atom stereocenters. The van der Waals surface area contributed by atoms with Gasteiger partial charge in [-0.05, 0) is 6.42 Å². The molecule has 0 radical (unpaired) electrons. The van der Waals surface area contributed by atoms with Crippen LogP contribution in [-0.4, -0.2) is 76.1 Å². The Morgan fingerprint density at radius 3 is 1.69 bits per heavy atom. The fraction of sp³-hybridized carbons (Fsp3) is 0.800. The van der Waals surface area contributed by atoms with E-state index in [4.69, 9.17) is 15.3 Å². The number of carboxylic acids is 3. The largest absolute Gasteiger partial charge is 0.480 e. The third kappa shape index (κ3) is 16.6. The van der Waals surface area contributed by atoms with Crippen molar-refractivity contribution in [3.8, 4) is 0 Å². The second-order valence-corrected chi connectivity index (χ2v) is 7.33. The molecule has 0 aromatic rings. The highest BCUT2D eigenvalue weighted by Crippen LogP contribution is 2.11. The van der Waals surface area contributed by atoms with Crippen molar-refractivity contribution in [3.63, 3.8) is 0 Å². The number of rotatable bonds is 20. The minimum atomic E-state index is -1.21. The molecule has 4 N–H and O–H groups in total. The summed E-state index contributed by atoms with van der Waals surface area (Å²) in [4.78, 5) is 46.3. The van der Waals surface area contributed by atoms with Crippen LogP contribution in [0.15, 0.2) is 0 Å². The molecule has 0 aromatic heterocycles. The van der Waals surface area contributed by atoms with Crippen molar-refractivity contribution in [1.29, 1.82) is 0 Å². The highest BCUT2D eigenvalue weighted by atomic mass is 16.4. The van der Waals surface area contributed by atoms with E-state index in [-0.39, 0.29) is 18.7 Å². The molecule has 0 saturated carbocycles. The Balaban J connectivity index is 4.45. The van der Waals surface area contributed by atoms with Gasteiger partial charge in [0, 0.05) is 13.0 Å². The molecule has 0 rings (SSSR count). The van der Waals surface area contributed by atoms with Gasteiger partial charge in [0.25, 0.3) is 0 Å². The van der Waals surface area contributed by atoms with Crippen LogP contribution in [0.4, 0.5) is 0 Å². The summed E-state index contributed by atoms with van der Waals surface area (Å²) in [7, 11) is 0. The summed E-state index contributed by atoms with van der Waals surface area (Å²) in [6, 6.07) is -0.918. The van der Waals surface area contributed by atoms with Crippen molar-refractivity contribution in [1.82, 2.24) is 10.2 Å². The first-order valence-corrected chi connectivity index (χ1v) is 10.4. The third-order valence-electron chi connectivity index (χ3n) is 4.57. The van der Waals surface area contributed by atoms with Crippen LogP contribution in [0.2, 0.25) is 0 Å². The molecule has 29 heavy (non-hydrogen) atoms. The van der Waals surface area contributed by atoms with Crippen molar-refractivity contribution in [3.05, 3.63) is 0 Å². The van der Waals surface area contributed by atoms with E-state index < -0.39 is 43.6 Å². The number of unbranched alkanes of at least 4 members (excludes halogenated alkanes) is 8. The quantitative estimate of drug-likeness (QED) is 0.219. The van der Waals surface area contributed by atoms with Crippen molar-refractivity contribution in [2.45, 2.75) is 77.2 Å². The van der Waals surface area contributed by atoms with Crippen LogP contribution in [0.5, 0.6) is 0 Å². The predicted molar refractivity (Wildman–Crippen MR) is 108 cm³/mol. The number of carbonyl (C=O) groups is 4. The first-order valence-electron chi connectivity index (χ1n) is 10.4. The number of carbonyl (C=O) groups excluding carboxylic acids is 1. The minimum Gasteiger partial charge on any atom is -0.480 e. The van der Waals surface area contributed by atoms with Crippen LogP contribution in [0.3, 0.4) is 0 Å². The van der Waals surface area contributed by atoms with Crippen molar-refractivity contribution in [2.75, 3.05) is 26.2 Å². The Morgan fingerprint density at radius 1 is 0.759 bits per heavy atom. The molecule has 0 bridgehead atoms. The molecule has 168 valence electrons. The number of hydrogen-bond donors (Lipinski definition) is 4. The van der Waals surface area contributed by atoms with Crippen LogP contribution in [0, 0.1) is 0 Å². The van der Waals surface area contributed by atoms with E-state index in [9.17, 15) is 19.2 Å². The van der Waals surface area contributed by atoms with Gasteiger partial charge in [-0.15, -0.1) is 0 Å². The molecule has 0 aliphatic rings. The Labute approximate surface area is 172 Å². The van der Waals surface area contributed by atoms with Crippen molar-refractivity contribution in [2.24, 2.45) is 0 Å². The van der Waals surface area contributed by atoms with E-state index >= 15 is 0 Å². The van der Waals surface area contributed by atoms with Gasteiger partial charge in [0.05, 0.1) is 25.7 Å². The number of nitrogens with zero attached hydrogens (tertiary/aromatic N) is 1. The smallest absolute Gasteiger partial charge is 0.317 e. The molecule has 9 heteroatoms. The van der Waals surface area contributed by atoms with E-state index in [2.05, 4.69) is 12.2 Å². The monoisotopic (exact) mass is 416 g/mol. The molecule has 0 aliphatic carbocycles. The molecule has 0 aliphatic heterocycles. The van der Waals surface area contributed by atoms with E-state index in [0.29, 0.717) is 6.42 Å². The van der Waals surface area contributed by atoms with E-state index in [1.165, 1.54) is 32.1 Å². The maximum absolute atomic E-state index is 12.5. The molecule has 0 heterocycles. The zero-order valence-electron chi connectivity index (χ0n) is 17.4. The van der Waals surface area contributed by atoms with E-state index in [1.807, 2.05) is 0 Å². The zero-order valence-corrected chi connectivity index (χ0v) is 17.4. The lowest BCUT2D eigenvalue weighted by Crippen LogP contribution is -2.49. The van der Waals surface area contributed by atoms with Gasteiger partial charge in [0.15, 0.2) is 5.78 Å². The fourth-order valence-electron chi connectivity index (χ4n) is 3.10. The number of aliphatic carboxylic acids is 3. The van der Waals surface area contributed by atoms with Crippen LogP contribution in [0.1, 0.15) is 71.1 Å². The molecule has 9 nitrogen and oxygen atoms in total. The summed E-state index contributed by atoms with van der Waals surface area (Å²) in [6.45, 7) is 0.480. The van der Waals surface area contributed by atoms with Crippen LogP contribution >= 0.6 is 0 Å². The van der Waals surface area contributed by atoms with Gasteiger partial charge in [-0.2, -0.15) is 0 Å². The lowest BCUT2D eigenvalue weighted by atomic mass is 10.0. The van der Waals surface area contributed by atoms with Crippen LogP contribution in [0.25, 0.3) is 0 Å². The SMILES string of the molecule is CCCCCCCCCCCC(=O)C(CN(CC(=O)O)CC(=O)O)NCC(=O)O. The maximum Gasteiger partial charge on any atom is 0.317 e. The Morgan fingerprint density at radius 2 is 1.24 bits per heavy atom. The van der Waals surface area contributed by atoms with Gasteiger partial charge in [0.2, 0.25) is 0 Å². The normalized spacial score (nSPS) is 12.1. The highest BCUT2D eigenvalue weighted by Gasteiger charge is 2.24. The lowest BCUT2D eigenvalue weighted by Gasteiger charge is -2.24. The van der Waals surface area contributed by atoms with Crippen molar-refractivity contribution >= 4 is 23.7 Å². The molecule has 0 saturated heterocycles. The molecule has 0 fully saturated rings. The summed E-state index contributed by atoms with van der Waals surface area (Å²) in [5.41, 5.74) is 0. The molecule has 0 aromatic carbocycles. The Hall–Kier alpha value is -2.00. The van der Waals surface area contributed by atoms with Gasteiger partial charge in [-0.1, -0.05) is 58.3 Å². The van der Waals surface area contributed by atoms with Gasteiger partial charge in [-0.25, -0.2) is 0 Å². The highest BCUT2D eigenvalue weighted by molar-refractivity contribution is 5.85. The number of Topliss-reactive ketones (excluding diaryl/α,β-unsaturated/α-hetero) is 1. The molecular formula is C20H36N2O7. The number of ketones is 1. The second-order valence-electron chi connectivity index (χ2n) is 7.33. The first-order chi connectivity index (χ1) is 13.8. The first kappa shape index (κ1) is 27.0. The van der Waals surface area contributed by atoms with Gasteiger partial charge in [-0.3, -0.25) is 29.4 Å². The average molecular weight is 417 g/mol. The summed E-state index contributed by atoms with van der Waals surface area (Å²) < 4.78 is 0. The summed E-state index contributed by atoms with van der Waals surface area (Å²) in [5.74, 6) is -3.80. The van der Waals surface area contributed by atoms with Crippen LogP contribution < -0.4 is 5.32 Å².